The lowest BCUT2D eigenvalue weighted by atomic mass is 9.64. The summed E-state index contributed by atoms with van der Waals surface area (Å²) < 4.78 is 12.3. The molecule has 1 N–H and O–H groups in total. The fraction of sp³-hybridized carbons (Fsp3) is 0.606. The monoisotopic (exact) mass is 581 g/mol. The van der Waals surface area contributed by atoms with E-state index in [1.165, 1.54) is 0 Å². The molecule has 3 heterocycles. The zero-order valence-electron chi connectivity index (χ0n) is 25.4. The van der Waals surface area contributed by atoms with Gasteiger partial charge in [0.05, 0.1) is 24.5 Å². The minimum absolute atomic E-state index is 0.0721. The van der Waals surface area contributed by atoms with Crippen LogP contribution in [0.15, 0.2) is 49.6 Å². The molecule has 230 valence electrons. The van der Waals surface area contributed by atoms with Crippen LogP contribution in [0.1, 0.15) is 58.8 Å². The van der Waals surface area contributed by atoms with Gasteiger partial charge in [-0.1, -0.05) is 26.0 Å². The largest absolute Gasteiger partial charge is 0.497 e. The fourth-order valence-corrected chi connectivity index (χ4v) is 7.46. The topological polar surface area (TPSA) is 99.6 Å². The number of benzene rings is 1. The first-order valence-electron chi connectivity index (χ1n) is 15.4. The van der Waals surface area contributed by atoms with E-state index in [1.54, 1.807) is 46.1 Å². The van der Waals surface area contributed by atoms with Crippen molar-refractivity contribution in [3.63, 3.8) is 0 Å². The number of nitrogens with zero attached hydrogens (tertiary/aromatic N) is 3. The van der Waals surface area contributed by atoms with Crippen molar-refractivity contribution in [2.24, 2.45) is 11.8 Å². The number of carbonyl (C=O) groups is 3. The van der Waals surface area contributed by atoms with Crippen molar-refractivity contribution in [1.29, 1.82) is 0 Å². The smallest absolute Gasteiger partial charge is 0.253 e. The average Bonchev–Trinajstić information content (AvgIpc) is 3.61. The molecule has 3 fully saturated rings. The number of unbranched alkanes of at least 4 members (excludes halogenated alkanes) is 2. The van der Waals surface area contributed by atoms with Gasteiger partial charge in [-0.25, -0.2) is 0 Å². The molecule has 2 bridgehead atoms. The van der Waals surface area contributed by atoms with E-state index in [4.69, 9.17) is 9.47 Å². The van der Waals surface area contributed by atoms with Gasteiger partial charge in [0, 0.05) is 38.5 Å². The summed E-state index contributed by atoms with van der Waals surface area (Å²) in [6, 6.07) is 6.36. The number of hydrogen-bond donors (Lipinski definition) is 1. The summed E-state index contributed by atoms with van der Waals surface area (Å²) in [7, 11) is 1.59. The number of fused-ring (bicyclic) bond motifs is 1. The predicted octanol–water partition coefficient (Wildman–Crippen LogP) is 3.96. The first-order valence-corrected chi connectivity index (χ1v) is 15.4. The summed E-state index contributed by atoms with van der Waals surface area (Å²) in [5.41, 5.74) is -1.23. The maximum absolute atomic E-state index is 14.7. The standard InChI is InChI=1S/C33H47N3O6/c1-6-19-34(20-7-2)29(38)26-27-30(39)36(22-11-10-12-23-37)28(33(27)18-17-32(26,9-4)42-33)31(40)35(21-8-3)24-13-15-25(41-5)16-14-24/h6,8,13-16,26-28,37H,1,3,7,9-12,17-23H2,2,4-5H3/t26-,27+,28?,32+,33?/m1/s1. The van der Waals surface area contributed by atoms with Crippen LogP contribution in [0.3, 0.4) is 0 Å². The molecule has 42 heavy (non-hydrogen) atoms. The second-order valence-corrected chi connectivity index (χ2v) is 11.7. The van der Waals surface area contributed by atoms with Crippen LogP contribution >= 0.6 is 0 Å². The summed E-state index contributed by atoms with van der Waals surface area (Å²) in [5.74, 6) is -1.25. The SMILES string of the molecule is C=CCN(CCC)C(=O)[C@H]1[C@H]2C(=O)N(CCCCCO)C(C(=O)N(CC=C)c3ccc(OC)cc3)C23CC[C@]1(CC)O3. The number of amides is 3. The van der Waals surface area contributed by atoms with Crippen molar-refractivity contribution in [3.8, 4) is 5.75 Å². The molecule has 2 unspecified atom stereocenters. The highest BCUT2D eigenvalue weighted by Gasteiger charge is 2.79. The summed E-state index contributed by atoms with van der Waals surface area (Å²) in [6.07, 6.45) is 7.88. The van der Waals surface area contributed by atoms with Gasteiger partial charge in [-0.3, -0.25) is 14.4 Å². The molecule has 0 aliphatic carbocycles. The molecular formula is C33H47N3O6. The predicted molar refractivity (Wildman–Crippen MR) is 162 cm³/mol. The van der Waals surface area contributed by atoms with Crippen molar-refractivity contribution in [2.45, 2.75) is 76.0 Å². The fourth-order valence-electron chi connectivity index (χ4n) is 7.46. The molecule has 3 aliphatic heterocycles. The lowest BCUT2D eigenvalue weighted by molar-refractivity contribution is -0.151. The van der Waals surface area contributed by atoms with Crippen LogP contribution in [-0.4, -0.2) is 89.8 Å². The second-order valence-electron chi connectivity index (χ2n) is 11.7. The van der Waals surface area contributed by atoms with E-state index in [0.717, 1.165) is 12.8 Å². The highest BCUT2D eigenvalue weighted by Crippen LogP contribution is 2.64. The Balaban J connectivity index is 1.79. The van der Waals surface area contributed by atoms with E-state index < -0.39 is 29.1 Å². The maximum atomic E-state index is 14.7. The minimum atomic E-state index is -1.10. The van der Waals surface area contributed by atoms with Crippen LogP contribution < -0.4 is 9.64 Å². The molecular weight excluding hydrogens is 534 g/mol. The molecule has 1 spiro atoms. The molecule has 0 aromatic heterocycles. The Bertz CT molecular complexity index is 1150. The molecule has 5 atom stereocenters. The maximum Gasteiger partial charge on any atom is 0.253 e. The highest BCUT2D eigenvalue weighted by molar-refractivity contribution is 6.05. The first-order chi connectivity index (χ1) is 20.3. The Labute approximate surface area is 250 Å². The van der Waals surface area contributed by atoms with Crippen LogP contribution in [0.2, 0.25) is 0 Å². The van der Waals surface area contributed by atoms with Crippen molar-refractivity contribution in [2.75, 3.05) is 44.8 Å². The summed E-state index contributed by atoms with van der Waals surface area (Å²) in [6.45, 7) is 13.4. The first kappa shape index (κ1) is 31.8. The van der Waals surface area contributed by atoms with Crippen LogP contribution in [0.4, 0.5) is 5.69 Å². The van der Waals surface area contributed by atoms with E-state index in [-0.39, 0.29) is 30.9 Å². The number of anilines is 1. The average molecular weight is 582 g/mol. The number of hydrogen-bond acceptors (Lipinski definition) is 6. The lowest BCUT2D eigenvalue weighted by Crippen LogP contribution is -2.56. The summed E-state index contributed by atoms with van der Waals surface area (Å²) >= 11 is 0. The zero-order chi connectivity index (χ0) is 30.5. The van der Waals surface area contributed by atoms with Gasteiger partial charge in [0.1, 0.15) is 17.4 Å². The Morgan fingerprint density at radius 1 is 1.10 bits per heavy atom. The van der Waals surface area contributed by atoms with Gasteiger partial charge >= 0.3 is 0 Å². The molecule has 0 saturated carbocycles. The molecule has 3 amide bonds. The molecule has 4 rings (SSSR count). The minimum Gasteiger partial charge on any atom is -0.497 e. The third-order valence-electron chi connectivity index (χ3n) is 9.35. The quantitative estimate of drug-likeness (QED) is 0.234. The molecule has 9 nitrogen and oxygen atoms in total. The normalized spacial score (nSPS) is 27.6. The number of aliphatic hydroxyl groups is 1. The number of ether oxygens (including phenoxy) is 2. The molecule has 9 heteroatoms. The number of rotatable bonds is 16. The Morgan fingerprint density at radius 2 is 1.81 bits per heavy atom. The van der Waals surface area contributed by atoms with E-state index >= 15 is 0 Å². The Kier molecular flexibility index (Phi) is 10.1. The van der Waals surface area contributed by atoms with Crippen molar-refractivity contribution in [1.82, 2.24) is 9.80 Å². The van der Waals surface area contributed by atoms with Crippen LogP contribution in [0.5, 0.6) is 5.75 Å². The molecule has 3 aliphatic rings. The molecule has 3 saturated heterocycles. The van der Waals surface area contributed by atoms with Gasteiger partial charge in [-0.15, -0.1) is 13.2 Å². The highest BCUT2D eigenvalue weighted by atomic mass is 16.5. The van der Waals surface area contributed by atoms with Crippen molar-refractivity contribution >= 4 is 23.4 Å². The number of carbonyl (C=O) groups excluding carboxylic acids is 3. The molecule has 1 aromatic rings. The van der Waals surface area contributed by atoms with E-state index in [1.807, 2.05) is 26.0 Å². The van der Waals surface area contributed by atoms with Gasteiger partial charge in [0.25, 0.3) is 5.91 Å². The number of methoxy groups -OCH3 is 1. The second kappa shape index (κ2) is 13.4. The van der Waals surface area contributed by atoms with Crippen LogP contribution in [0, 0.1) is 11.8 Å². The van der Waals surface area contributed by atoms with Gasteiger partial charge in [-0.05, 0) is 69.2 Å². The van der Waals surface area contributed by atoms with E-state index in [0.29, 0.717) is 63.2 Å². The number of aliphatic hydroxyl groups excluding tert-OH is 1. The molecule has 1 aromatic carbocycles. The van der Waals surface area contributed by atoms with Crippen LogP contribution in [-0.2, 0) is 19.1 Å². The Hall–Kier alpha value is -3.17. The van der Waals surface area contributed by atoms with Gasteiger partial charge in [0.2, 0.25) is 11.8 Å². The third kappa shape index (κ3) is 5.37. The van der Waals surface area contributed by atoms with E-state index in [9.17, 15) is 19.5 Å². The summed E-state index contributed by atoms with van der Waals surface area (Å²) in [5, 5.41) is 9.32. The number of likely N-dealkylation sites (tertiary alicyclic amines) is 1. The zero-order valence-corrected chi connectivity index (χ0v) is 25.4. The van der Waals surface area contributed by atoms with Crippen molar-refractivity contribution in [3.05, 3.63) is 49.6 Å². The molecule has 0 radical (unpaired) electrons. The summed E-state index contributed by atoms with van der Waals surface area (Å²) in [4.78, 5) is 48.5. The van der Waals surface area contributed by atoms with Crippen molar-refractivity contribution < 1.29 is 29.0 Å². The van der Waals surface area contributed by atoms with E-state index in [2.05, 4.69) is 13.2 Å². The van der Waals surface area contributed by atoms with Gasteiger partial charge in [0.15, 0.2) is 0 Å². The van der Waals surface area contributed by atoms with Gasteiger partial charge < -0.3 is 29.3 Å². The van der Waals surface area contributed by atoms with Gasteiger partial charge in [-0.2, -0.15) is 0 Å². The van der Waals surface area contributed by atoms with Crippen LogP contribution in [0.25, 0.3) is 0 Å². The third-order valence-corrected chi connectivity index (χ3v) is 9.35. The lowest BCUT2D eigenvalue weighted by Gasteiger charge is -2.37. The Morgan fingerprint density at radius 3 is 2.40 bits per heavy atom.